The molecule has 3 N–H and O–H groups in total. The smallest absolute Gasteiger partial charge is 0.339 e. The lowest BCUT2D eigenvalue weighted by Crippen LogP contribution is -2.29. The number of nitrogens with one attached hydrogen (secondary N) is 3. The second-order valence-electron chi connectivity index (χ2n) is 5.00. The van der Waals surface area contributed by atoms with Crippen molar-refractivity contribution < 1.29 is 18.7 Å². The molecular formula is C16H13N5O4S. The minimum absolute atomic E-state index is 0.178. The number of aromatic amines is 1. The van der Waals surface area contributed by atoms with Gasteiger partial charge in [0.25, 0.3) is 10.7 Å². The summed E-state index contributed by atoms with van der Waals surface area (Å²) in [6.45, 7) is 0. The Balaban J connectivity index is 1.61. The van der Waals surface area contributed by atoms with Crippen molar-refractivity contribution in [2.24, 2.45) is 0 Å². The van der Waals surface area contributed by atoms with Crippen LogP contribution in [0.25, 0.3) is 11.5 Å². The number of rotatable bonds is 5. The second kappa shape index (κ2) is 7.57. The molecule has 0 aliphatic rings. The highest BCUT2D eigenvalue weighted by Gasteiger charge is 2.09. The molecule has 3 rings (SSSR count). The molecule has 0 atom stereocenters. The number of nitrogens with zero attached hydrogens (tertiary/aromatic N) is 2. The number of esters is 1. The Morgan fingerprint density at radius 2 is 1.88 bits per heavy atom. The van der Waals surface area contributed by atoms with E-state index < -0.39 is 5.97 Å². The Morgan fingerprint density at radius 3 is 2.46 bits per heavy atom. The van der Waals surface area contributed by atoms with Crippen LogP contribution in [-0.4, -0.2) is 34.2 Å². The summed E-state index contributed by atoms with van der Waals surface area (Å²) < 4.78 is 9.79. The fraction of sp³-hybridized carbons (Fsp3) is 0.0625. The van der Waals surface area contributed by atoms with Crippen LogP contribution in [0, 0.1) is 4.84 Å². The highest BCUT2D eigenvalue weighted by molar-refractivity contribution is 7.71. The Labute approximate surface area is 152 Å². The lowest BCUT2D eigenvalue weighted by Gasteiger charge is -2.08. The zero-order valence-electron chi connectivity index (χ0n) is 13.5. The summed E-state index contributed by atoms with van der Waals surface area (Å²) in [6, 6.07) is 9.68. The second-order valence-corrected chi connectivity index (χ2v) is 5.37. The number of benzene rings is 1. The van der Waals surface area contributed by atoms with E-state index in [1.165, 1.54) is 19.4 Å². The van der Waals surface area contributed by atoms with Crippen molar-refractivity contribution in [2.45, 2.75) is 0 Å². The van der Waals surface area contributed by atoms with E-state index in [0.717, 1.165) is 0 Å². The van der Waals surface area contributed by atoms with Crippen LogP contribution in [-0.2, 0) is 4.74 Å². The van der Waals surface area contributed by atoms with Gasteiger partial charge in [0.2, 0.25) is 5.89 Å². The summed E-state index contributed by atoms with van der Waals surface area (Å²) in [5.74, 6) is -0.135. The van der Waals surface area contributed by atoms with E-state index in [-0.39, 0.29) is 10.7 Å². The average molecular weight is 371 g/mol. The van der Waals surface area contributed by atoms with Gasteiger partial charge in [0.15, 0.2) is 0 Å². The number of ether oxygens (including phenoxy) is 1. The Kier molecular flexibility index (Phi) is 5.04. The molecule has 132 valence electrons. The fourth-order valence-electron chi connectivity index (χ4n) is 2.02. The molecule has 2 heterocycles. The third-order valence-electron chi connectivity index (χ3n) is 3.32. The number of anilines is 1. The number of pyridine rings is 1. The predicted molar refractivity (Wildman–Crippen MR) is 93.8 cm³/mol. The molecule has 0 unspecified atom stereocenters. The molecule has 0 aliphatic carbocycles. The summed E-state index contributed by atoms with van der Waals surface area (Å²) in [7, 11) is 1.29. The van der Waals surface area contributed by atoms with Crippen LogP contribution in [0.4, 0.5) is 5.82 Å². The van der Waals surface area contributed by atoms with E-state index in [1.807, 2.05) is 0 Å². The molecule has 26 heavy (non-hydrogen) atoms. The van der Waals surface area contributed by atoms with Gasteiger partial charge in [-0.25, -0.2) is 14.9 Å². The van der Waals surface area contributed by atoms with Gasteiger partial charge in [-0.15, -0.1) is 5.10 Å². The van der Waals surface area contributed by atoms with E-state index in [1.54, 1.807) is 30.3 Å². The summed E-state index contributed by atoms with van der Waals surface area (Å²) in [5, 5.41) is 6.44. The molecule has 0 bridgehead atoms. The summed E-state index contributed by atoms with van der Waals surface area (Å²) >= 11 is 4.82. The Morgan fingerprint density at radius 1 is 1.15 bits per heavy atom. The first-order valence-corrected chi connectivity index (χ1v) is 7.74. The van der Waals surface area contributed by atoms with Crippen LogP contribution in [0.3, 0.4) is 0 Å². The van der Waals surface area contributed by atoms with Crippen LogP contribution in [0.15, 0.2) is 47.0 Å². The topological polar surface area (TPSA) is 122 Å². The summed E-state index contributed by atoms with van der Waals surface area (Å²) in [6.07, 6.45) is 1.34. The highest BCUT2D eigenvalue weighted by Crippen LogP contribution is 2.17. The Bertz CT molecular complexity index is 979. The maximum atomic E-state index is 12.2. The highest BCUT2D eigenvalue weighted by atomic mass is 32.1. The molecule has 1 amide bonds. The largest absolute Gasteiger partial charge is 0.465 e. The molecule has 3 aromatic rings. The van der Waals surface area contributed by atoms with Crippen molar-refractivity contribution >= 4 is 29.9 Å². The summed E-state index contributed by atoms with van der Waals surface area (Å²) in [4.78, 5) is 27.7. The molecule has 0 saturated heterocycles. The number of amides is 1. The van der Waals surface area contributed by atoms with Gasteiger partial charge in [-0.2, -0.15) is 0 Å². The van der Waals surface area contributed by atoms with Gasteiger partial charge >= 0.3 is 5.97 Å². The van der Waals surface area contributed by atoms with Gasteiger partial charge in [-0.3, -0.25) is 15.6 Å². The first kappa shape index (κ1) is 17.3. The predicted octanol–water partition coefficient (Wildman–Crippen LogP) is 2.34. The molecule has 0 fully saturated rings. The van der Waals surface area contributed by atoms with Gasteiger partial charge < -0.3 is 9.15 Å². The van der Waals surface area contributed by atoms with E-state index in [9.17, 15) is 9.59 Å². The number of methoxy groups -OCH3 is 1. The van der Waals surface area contributed by atoms with Gasteiger partial charge in [0.1, 0.15) is 5.82 Å². The molecule has 9 nitrogen and oxygen atoms in total. The number of carbonyl (C=O) groups is 2. The maximum Gasteiger partial charge on any atom is 0.339 e. The zero-order chi connectivity index (χ0) is 18.5. The van der Waals surface area contributed by atoms with Crippen LogP contribution in [0.5, 0.6) is 0 Å². The lowest BCUT2D eigenvalue weighted by atomic mass is 10.1. The quantitative estimate of drug-likeness (QED) is 0.355. The first-order valence-electron chi connectivity index (χ1n) is 7.33. The van der Waals surface area contributed by atoms with E-state index in [0.29, 0.717) is 28.4 Å². The van der Waals surface area contributed by atoms with Crippen molar-refractivity contribution in [3.05, 3.63) is 58.6 Å². The van der Waals surface area contributed by atoms with E-state index >= 15 is 0 Å². The first-order chi connectivity index (χ1) is 12.6. The summed E-state index contributed by atoms with van der Waals surface area (Å²) in [5.41, 5.74) is 6.59. The molecule has 1 aromatic carbocycles. The average Bonchev–Trinajstić information content (AvgIpc) is 3.12. The third kappa shape index (κ3) is 3.92. The number of hydrazine groups is 1. The molecule has 10 heteroatoms. The number of aromatic nitrogens is 3. The van der Waals surface area contributed by atoms with Crippen LogP contribution < -0.4 is 10.9 Å². The maximum absolute atomic E-state index is 12.2. The monoisotopic (exact) mass is 371 g/mol. The Hall–Kier alpha value is -3.53. The normalized spacial score (nSPS) is 10.2. The standard InChI is InChI=1S/C16H13N5O4S/c1-24-15(23)11-6-7-12(17-8-11)18-19-13(22)9-2-4-10(5-3-9)14-20-21-16(26)25-14/h2-8H,1H3,(H,17,18)(H,19,22)(H,21,26). The number of hydrogen-bond donors (Lipinski definition) is 3. The van der Waals surface area contributed by atoms with Gasteiger partial charge in [-0.05, 0) is 48.6 Å². The molecule has 0 spiro atoms. The van der Waals surface area contributed by atoms with Gasteiger partial charge in [0.05, 0.1) is 12.7 Å². The lowest BCUT2D eigenvalue weighted by molar-refractivity contribution is 0.0600. The molecule has 0 radical (unpaired) electrons. The van der Waals surface area contributed by atoms with Gasteiger partial charge in [0, 0.05) is 17.3 Å². The SMILES string of the molecule is COC(=O)c1ccc(NNC(=O)c2ccc(-c3n[nH]c(=S)o3)cc2)nc1. The van der Waals surface area contributed by atoms with E-state index in [4.69, 9.17) is 16.6 Å². The molecular weight excluding hydrogens is 358 g/mol. The fourth-order valence-corrected chi connectivity index (χ4v) is 2.14. The van der Waals surface area contributed by atoms with Crippen molar-refractivity contribution in [3.63, 3.8) is 0 Å². The molecule has 0 aliphatic heterocycles. The van der Waals surface area contributed by atoms with Crippen LogP contribution >= 0.6 is 12.2 Å². The molecule has 2 aromatic heterocycles. The van der Waals surface area contributed by atoms with Crippen LogP contribution in [0.2, 0.25) is 0 Å². The van der Waals surface area contributed by atoms with Crippen molar-refractivity contribution in [1.82, 2.24) is 20.6 Å². The third-order valence-corrected chi connectivity index (χ3v) is 3.50. The zero-order valence-corrected chi connectivity index (χ0v) is 14.3. The molecule has 0 saturated carbocycles. The van der Waals surface area contributed by atoms with Gasteiger partial charge in [-0.1, -0.05) is 0 Å². The minimum atomic E-state index is -0.486. The van der Waals surface area contributed by atoms with Crippen molar-refractivity contribution in [1.29, 1.82) is 0 Å². The minimum Gasteiger partial charge on any atom is -0.465 e. The van der Waals surface area contributed by atoms with Crippen LogP contribution in [0.1, 0.15) is 20.7 Å². The van der Waals surface area contributed by atoms with Crippen molar-refractivity contribution in [2.75, 3.05) is 12.5 Å². The number of H-pyrrole nitrogens is 1. The van der Waals surface area contributed by atoms with E-state index in [2.05, 4.69) is 30.8 Å². The van der Waals surface area contributed by atoms with Crippen molar-refractivity contribution in [3.8, 4) is 11.5 Å². The number of carbonyl (C=O) groups excluding carboxylic acids is 2. The number of hydrogen-bond acceptors (Lipinski definition) is 8.